The standard InChI is InChI=1S/C8H11N5S/c9-8-12-7-5(4-11-13-10)2-1-3-6(7)14-8/h5H,1-4H2,(H2,9,12). The van der Waals surface area contributed by atoms with Gasteiger partial charge in [-0.15, -0.1) is 11.3 Å². The van der Waals surface area contributed by atoms with Gasteiger partial charge in [-0.25, -0.2) is 4.98 Å². The third-order valence-electron chi connectivity index (χ3n) is 2.45. The number of aromatic nitrogens is 1. The molecule has 0 saturated carbocycles. The second-order valence-electron chi connectivity index (χ2n) is 3.36. The fraction of sp³-hybridized carbons (Fsp3) is 0.625. The zero-order valence-corrected chi connectivity index (χ0v) is 8.50. The molecule has 1 unspecified atom stereocenters. The maximum atomic E-state index is 8.27. The minimum Gasteiger partial charge on any atom is -0.375 e. The molecule has 2 N–H and O–H groups in total. The molecule has 1 aliphatic carbocycles. The van der Waals surface area contributed by atoms with Gasteiger partial charge in [-0.3, -0.25) is 0 Å². The van der Waals surface area contributed by atoms with Crippen LogP contribution in [0.5, 0.6) is 0 Å². The summed E-state index contributed by atoms with van der Waals surface area (Å²) in [6.07, 6.45) is 3.26. The molecule has 1 aromatic rings. The quantitative estimate of drug-likeness (QED) is 0.460. The first kappa shape index (κ1) is 9.30. The summed E-state index contributed by atoms with van der Waals surface area (Å²) in [6, 6.07) is 0. The molecule has 1 atom stereocenters. The summed E-state index contributed by atoms with van der Waals surface area (Å²) < 4.78 is 0. The number of azide groups is 1. The van der Waals surface area contributed by atoms with E-state index in [0.717, 1.165) is 25.0 Å². The molecule has 5 nitrogen and oxygen atoms in total. The Morgan fingerprint density at radius 1 is 1.71 bits per heavy atom. The number of nitrogen functional groups attached to an aromatic ring is 1. The van der Waals surface area contributed by atoms with Gasteiger partial charge in [0, 0.05) is 22.3 Å². The van der Waals surface area contributed by atoms with Crippen molar-refractivity contribution in [3.05, 3.63) is 21.0 Å². The van der Waals surface area contributed by atoms with Gasteiger partial charge in [-0.05, 0) is 24.8 Å². The second kappa shape index (κ2) is 3.86. The zero-order valence-electron chi connectivity index (χ0n) is 7.68. The Bertz CT molecular complexity index is 379. The van der Waals surface area contributed by atoms with E-state index in [1.807, 2.05) is 0 Å². The molecule has 74 valence electrons. The molecule has 0 bridgehead atoms. The van der Waals surface area contributed by atoms with E-state index in [1.54, 1.807) is 11.3 Å². The molecule has 2 rings (SSSR count). The average Bonchev–Trinajstić information content (AvgIpc) is 2.55. The molecule has 0 amide bonds. The van der Waals surface area contributed by atoms with Gasteiger partial charge < -0.3 is 5.73 Å². The van der Waals surface area contributed by atoms with Crippen molar-refractivity contribution in [3.63, 3.8) is 0 Å². The summed E-state index contributed by atoms with van der Waals surface area (Å²) in [4.78, 5) is 8.35. The Labute approximate surface area is 85.6 Å². The first-order valence-electron chi connectivity index (χ1n) is 4.57. The summed E-state index contributed by atoms with van der Waals surface area (Å²) in [5.41, 5.74) is 15.0. The van der Waals surface area contributed by atoms with Crippen LogP contribution < -0.4 is 5.73 Å². The van der Waals surface area contributed by atoms with Gasteiger partial charge in [0.05, 0.1) is 5.69 Å². The van der Waals surface area contributed by atoms with Crippen molar-refractivity contribution in [1.29, 1.82) is 0 Å². The molecule has 0 aliphatic heterocycles. The van der Waals surface area contributed by atoms with Crippen molar-refractivity contribution in [3.8, 4) is 0 Å². The van der Waals surface area contributed by atoms with E-state index in [9.17, 15) is 0 Å². The van der Waals surface area contributed by atoms with Gasteiger partial charge in [0.25, 0.3) is 0 Å². The van der Waals surface area contributed by atoms with Crippen molar-refractivity contribution >= 4 is 16.5 Å². The Morgan fingerprint density at radius 3 is 3.36 bits per heavy atom. The molecule has 0 spiro atoms. The maximum Gasteiger partial charge on any atom is 0.180 e. The smallest absolute Gasteiger partial charge is 0.180 e. The van der Waals surface area contributed by atoms with E-state index >= 15 is 0 Å². The van der Waals surface area contributed by atoms with Gasteiger partial charge in [0.1, 0.15) is 0 Å². The lowest BCUT2D eigenvalue weighted by Gasteiger charge is -2.18. The minimum absolute atomic E-state index is 0.281. The second-order valence-corrected chi connectivity index (χ2v) is 4.48. The van der Waals surface area contributed by atoms with Crippen LogP contribution in [0.15, 0.2) is 5.11 Å². The van der Waals surface area contributed by atoms with E-state index in [4.69, 9.17) is 11.3 Å². The Morgan fingerprint density at radius 2 is 2.57 bits per heavy atom. The number of nitrogens with two attached hydrogens (primary N) is 1. The number of fused-ring (bicyclic) bond motifs is 1. The molecule has 0 aromatic carbocycles. The molecule has 1 aliphatic rings. The van der Waals surface area contributed by atoms with Crippen molar-refractivity contribution in [1.82, 2.24) is 4.98 Å². The predicted molar refractivity (Wildman–Crippen MR) is 56.2 cm³/mol. The minimum atomic E-state index is 0.281. The summed E-state index contributed by atoms with van der Waals surface area (Å²) in [6.45, 7) is 0.507. The van der Waals surface area contributed by atoms with Crippen molar-refractivity contribution in [2.24, 2.45) is 5.11 Å². The first-order valence-corrected chi connectivity index (χ1v) is 5.39. The number of anilines is 1. The topological polar surface area (TPSA) is 87.7 Å². The van der Waals surface area contributed by atoms with E-state index in [-0.39, 0.29) is 5.92 Å². The van der Waals surface area contributed by atoms with Crippen LogP contribution in [0, 0.1) is 0 Å². The highest BCUT2D eigenvalue weighted by atomic mass is 32.1. The van der Waals surface area contributed by atoms with Crippen LogP contribution in [-0.2, 0) is 6.42 Å². The van der Waals surface area contributed by atoms with E-state index in [2.05, 4.69) is 15.0 Å². The Balaban J connectivity index is 2.25. The van der Waals surface area contributed by atoms with Crippen molar-refractivity contribution in [2.75, 3.05) is 12.3 Å². The van der Waals surface area contributed by atoms with E-state index in [1.165, 1.54) is 4.88 Å². The van der Waals surface area contributed by atoms with E-state index in [0.29, 0.717) is 11.7 Å². The molecule has 1 aromatic heterocycles. The highest BCUT2D eigenvalue weighted by Gasteiger charge is 2.23. The largest absolute Gasteiger partial charge is 0.375 e. The normalized spacial score (nSPS) is 19.9. The van der Waals surface area contributed by atoms with Gasteiger partial charge in [0.15, 0.2) is 5.13 Å². The van der Waals surface area contributed by atoms with Crippen molar-refractivity contribution < 1.29 is 0 Å². The fourth-order valence-corrected chi connectivity index (χ4v) is 2.80. The molecule has 14 heavy (non-hydrogen) atoms. The molecule has 1 heterocycles. The van der Waals surface area contributed by atoms with Crippen LogP contribution in [-0.4, -0.2) is 11.5 Å². The monoisotopic (exact) mass is 209 g/mol. The maximum absolute atomic E-state index is 8.27. The Kier molecular flexibility index (Phi) is 2.56. The molecular weight excluding hydrogens is 198 g/mol. The third kappa shape index (κ3) is 1.66. The number of aryl methyl sites for hydroxylation is 1. The SMILES string of the molecule is [N-]=[N+]=NCC1CCCc2sc(N)nc21. The highest BCUT2D eigenvalue weighted by Crippen LogP contribution is 2.35. The van der Waals surface area contributed by atoms with Crippen molar-refractivity contribution in [2.45, 2.75) is 25.2 Å². The molecule has 0 saturated heterocycles. The fourth-order valence-electron chi connectivity index (χ4n) is 1.84. The number of hydrogen-bond donors (Lipinski definition) is 1. The lowest BCUT2D eigenvalue weighted by Crippen LogP contribution is -2.11. The third-order valence-corrected chi connectivity index (χ3v) is 3.41. The van der Waals surface area contributed by atoms with Crippen LogP contribution in [0.3, 0.4) is 0 Å². The summed E-state index contributed by atoms with van der Waals surface area (Å²) in [7, 11) is 0. The van der Waals surface area contributed by atoms with E-state index < -0.39 is 0 Å². The van der Waals surface area contributed by atoms with Crippen LogP contribution >= 0.6 is 11.3 Å². The lowest BCUT2D eigenvalue weighted by atomic mass is 9.91. The molecule has 0 fully saturated rings. The van der Waals surface area contributed by atoms with Crippen LogP contribution in [0.1, 0.15) is 29.3 Å². The Hall–Kier alpha value is -1.26. The number of nitrogens with zero attached hydrogens (tertiary/aromatic N) is 4. The summed E-state index contributed by atoms with van der Waals surface area (Å²) >= 11 is 1.56. The van der Waals surface area contributed by atoms with Crippen LogP contribution in [0.2, 0.25) is 0 Å². The van der Waals surface area contributed by atoms with Crippen LogP contribution in [0.4, 0.5) is 5.13 Å². The first-order chi connectivity index (χ1) is 6.81. The zero-order chi connectivity index (χ0) is 9.97. The predicted octanol–water partition coefficient (Wildman–Crippen LogP) is 2.46. The molecular formula is C8H11N5S. The summed E-state index contributed by atoms with van der Waals surface area (Å²) in [5.74, 6) is 0.281. The van der Waals surface area contributed by atoms with Gasteiger partial charge in [-0.2, -0.15) is 0 Å². The number of hydrogen-bond acceptors (Lipinski definition) is 4. The number of thiazole rings is 1. The summed E-state index contributed by atoms with van der Waals surface area (Å²) in [5, 5.41) is 4.24. The lowest BCUT2D eigenvalue weighted by molar-refractivity contribution is 0.553. The average molecular weight is 209 g/mol. The molecule has 0 radical (unpaired) electrons. The van der Waals surface area contributed by atoms with Gasteiger partial charge >= 0.3 is 0 Å². The van der Waals surface area contributed by atoms with Crippen LogP contribution in [0.25, 0.3) is 10.4 Å². The number of rotatable bonds is 2. The molecule has 6 heteroatoms. The van der Waals surface area contributed by atoms with Gasteiger partial charge in [-0.1, -0.05) is 5.11 Å². The highest BCUT2D eigenvalue weighted by molar-refractivity contribution is 7.15. The van der Waals surface area contributed by atoms with Gasteiger partial charge in [0.2, 0.25) is 0 Å².